The lowest BCUT2D eigenvalue weighted by Crippen LogP contribution is -2.20. The van der Waals surface area contributed by atoms with Crippen molar-refractivity contribution in [1.82, 2.24) is 9.88 Å². The molecule has 3 nitrogen and oxygen atoms in total. The third-order valence-corrected chi connectivity index (χ3v) is 3.16. The Morgan fingerprint density at radius 3 is 3.07 bits per heavy atom. The zero-order valence-electron chi connectivity index (χ0n) is 9.03. The highest BCUT2D eigenvalue weighted by Crippen LogP contribution is 2.26. The normalized spacial score (nSPS) is 11.1. The number of fused-ring (bicyclic) bond motifs is 1. The fraction of sp³-hybridized carbons (Fsp3) is 0.364. The molecule has 0 aromatic carbocycles. The summed E-state index contributed by atoms with van der Waals surface area (Å²) in [6.07, 6.45) is 1.85. The fourth-order valence-corrected chi connectivity index (χ4v) is 2.27. The molecule has 2 aromatic heterocycles. The summed E-state index contributed by atoms with van der Waals surface area (Å²) in [4.78, 5) is 6.47. The van der Waals surface area contributed by atoms with Gasteiger partial charge in [0.15, 0.2) is 0 Å². The summed E-state index contributed by atoms with van der Waals surface area (Å²) in [5.41, 5.74) is 2.27. The van der Waals surface area contributed by atoms with E-state index in [2.05, 4.69) is 40.7 Å². The highest BCUT2D eigenvalue weighted by Gasteiger charge is 2.01. The second-order valence-corrected chi connectivity index (χ2v) is 4.64. The molecule has 0 fully saturated rings. The maximum atomic E-state index is 4.31. The van der Waals surface area contributed by atoms with Crippen LogP contribution in [0.15, 0.2) is 23.7 Å². The summed E-state index contributed by atoms with van der Waals surface area (Å²) in [6, 6.07) is 4.09. The van der Waals surface area contributed by atoms with E-state index >= 15 is 0 Å². The third kappa shape index (κ3) is 2.46. The maximum Gasteiger partial charge on any atom is 0.0830 e. The number of anilines is 1. The van der Waals surface area contributed by atoms with Crippen molar-refractivity contribution >= 4 is 27.2 Å². The van der Waals surface area contributed by atoms with Gasteiger partial charge in [-0.3, -0.25) is 4.98 Å². The van der Waals surface area contributed by atoms with Gasteiger partial charge in [0.1, 0.15) is 0 Å². The Bertz CT molecular complexity index is 436. The van der Waals surface area contributed by atoms with E-state index in [1.165, 1.54) is 10.4 Å². The first-order valence-electron chi connectivity index (χ1n) is 4.98. The van der Waals surface area contributed by atoms with Gasteiger partial charge in [0, 0.05) is 19.3 Å². The first kappa shape index (κ1) is 10.4. The quantitative estimate of drug-likeness (QED) is 0.858. The van der Waals surface area contributed by atoms with Crippen LogP contribution in [0.2, 0.25) is 0 Å². The number of hydrogen-bond donors (Lipinski definition) is 1. The van der Waals surface area contributed by atoms with Crippen LogP contribution in [0, 0.1) is 0 Å². The van der Waals surface area contributed by atoms with Gasteiger partial charge in [0.2, 0.25) is 0 Å². The van der Waals surface area contributed by atoms with Crippen LogP contribution in [0.4, 0.5) is 5.69 Å². The van der Waals surface area contributed by atoms with Gasteiger partial charge >= 0.3 is 0 Å². The highest BCUT2D eigenvalue weighted by atomic mass is 32.1. The van der Waals surface area contributed by atoms with Crippen LogP contribution in [0.5, 0.6) is 0 Å². The molecule has 2 heterocycles. The van der Waals surface area contributed by atoms with Crippen molar-refractivity contribution in [2.45, 2.75) is 0 Å². The van der Waals surface area contributed by atoms with Gasteiger partial charge in [-0.25, -0.2) is 0 Å². The van der Waals surface area contributed by atoms with Crippen molar-refractivity contribution in [3.8, 4) is 0 Å². The number of likely N-dealkylation sites (N-methyl/N-ethyl adjacent to an activating group) is 1. The molecule has 0 radical (unpaired) electrons. The van der Waals surface area contributed by atoms with E-state index in [4.69, 9.17) is 0 Å². The highest BCUT2D eigenvalue weighted by molar-refractivity contribution is 7.17. The molecule has 0 spiro atoms. The monoisotopic (exact) mass is 221 g/mol. The second-order valence-electron chi connectivity index (χ2n) is 3.72. The van der Waals surface area contributed by atoms with Crippen LogP contribution in [0.25, 0.3) is 10.2 Å². The molecular weight excluding hydrogens is 206 g/mol. The van der Waals surface area contributed by atoms with Crippen molar-refractivity contribution in [1.29, 1.82) is 0 Å². The molecule has 2 aromatic rings. The van der Waals surface area contributed by atoms with Crippen LogP contribution in [-0.2, 0) is 0 Å². The Hall–Kier alpha value is -1.13. The van der Waals surface area contributed by atoms with Crippen LogP contribution >= 0.6 is 11.3 Å². The van der Waals surface area contributed by atoms with Crippen molar-refractivity contribution in [3.05, 3.63) is 23.7 Å². The molecule has 0 amide bonds. The zero-order chi connectivity index (χ0) is 10.7. The largest absolute Gasteiger partial charge is 0.383 e. The van der Waals surface area contributed by atoms with Gasteiger partial charge in [-0.05, 0) is 31.6 Å². The number of nitrogens with zero attached hydrogens (tertiary/aromatic N) is 2. The smallest absolute Gasteiger partial charge is 0.0830 e. The molecule has 0 aliphatic rings. The van der Waals surface area contributed by atoms with Gasteiger partial charge in [0.05, 0.1) is 15.9 Å². The molecule has 0 aliphatic carbocycles. The van der Waals surface area contributed by atoms with Crippen LogP contribution < -0.4 is 5.32 Å². The maximum absolute atomic E-state index is 4.31. The summed E-state index contributed by atoms with van der Waals surface area (Å²) in [5, 5.41) is 5.51. The predicted molar refractivity (Wildman–Crippen MR) is 66.7 cm³/mol. The molecule has 0 unspecified atom stereocenters. The SMILES string of the molecule is CN(C)CCNc1ccnc2ccsc12. The Morgan fingerprint density at radius 2 is 2.27 bits per heavy atom. The molecule has 0 bridgehead atoms. The van der Waals surface area contributed by atoms with E-state index in [0.29, 0.717) is 0 Å². The average molecular weight is 221 g/mol. The lowest BCUT2D eigenvalue weighted by molar-refractivity contribution is 0.425. The van der Waals surface area contributed by atoms with Gasteiger partial charge in [-0.1, -0.05) is 0 Å². The Kier molecular flexibility index (Phi) is 3.18. The van der Waals surface area contributed by atoms with Crippen LogP contribution in [-0.4, -0.2) is 37.1 Å². The summed E-state index contributed by atoms with van der Waals surface area (Å²) >= 11 is 1.73. The van der Waals surface area contributed by atoms with E-state index in [-0.39, 0.29) is 0 Å². The van der Waals surface area contributed by atoms with Gasteiger partial charge in [-0.15, -0.1) is 11.3 Å². The lowest BCUT2D eigenvalue weighted by atomic mass is 10.3. The van der Waals surface area contributed by atoms with E-state index < -0.39 is 0 Å². The van der Waals surface area contributed by atoms with Crippen LogP contribution in [0.1, 0.15) is 0 Å². The van der Waals surface area contributed by atoms with E-state index in [0.717, 1.165) is 18.6 Å². The van der Waals surface area contributed by atoms with Crippen molar-refractivity contribution in [2.24, 2.45) is 0 Å². The van der Waals surface area contributed by atoms with Crippen molar-refractivity contribution < 1.29 is 0 Å². The number of pyridine rings is 1. The van der Waals surface area contributed by atoms with Gasteiger partial charge in [-0.2, -0.15) is 0 Å². The minimum absolute atomic E-state index is 0.962. The lowest BCUT2D eigenvalue weighted by Gasteiger charge is -2.11. The Balaban J connectivity index is 2.10. The molecule has 1 N–H and O–H groups in total. The number of rotatable bonds is 4. The van der Waals surface area contributed by atoms with Crippen molar-refractivity contribution in [2.75, 3.05) is 32.5 Å². The Morgan fingerprint density at radius 1 is 1.40 bits per heavy atom. The Labute approximate surface area is 93.7 Å². The zero-order valence-corrected chi connectivity index (χ0v) is 9.84. The topological polar surface area (TPSA) is 28.2 Å². The summed E-state index contributed by atoms with van der Waals surface area (Å²) < 4.78 is 1.25. The molecule has 80 valence electrons. The average Bonchev–Trinajstić information content (AvgIpc) is 2.65. The van der Waals surface area contributed by atoms with E-state index in [9.17, 15) is 0 Å². The molecule has 0 saturated heterocycles. The van der Waals surface area contributed by atoms with Gasteiger partial charge < -0.3 is 10.2 Å². The molecule has 0 saturated carbocycles. The molecule has 0 atom stereocenters. The fourth-order valence-electron chi connectivity index (χ4n) is 1.43. The molecule has 0 aliphatic heterocycles. The minimum atomic E-state index is 0.962. The standard InChI is InChI=1S/C11H15N3S/c1-14(2)7-6-13-9-3-5-12-10-4-8-15-11(9)10/h3-5,8H,6-7H2,1-2H3,(H,12,13). The summed E-state index contributed by atoms with van der Waals surface area (Å²) in [6.45, 7) is 2.00. The minimum Gasteiger partial charge on any atom is -0.383 e. The first-order chi connectivity index (χ1) is 7.27. The number of hydrogen-bond acceptors (Lipinski definition) is 4. The number of aromatic nitrogens is 1. The molecule has 15 heavy (non-hydrogen) atoms. The van der Waals surface area contributed by atoms with E-state index in [1.54, 1.807) is 11.3 Å². The van der Waals surface area contributed by atoms with Crippen molar-refractivity contribution in [3.63, 3.8) is 0 Å². The second kappa shape index (κ2) is 4.59. The first-order valence-corrected chi connectivity index (χ1v) is 5.86. The third-order valence-electron chi connectivity index (χ3n) is 2.22. The number of nitrogens with one attached hydrogen (secondary N) is 1. The summed E-state index contributed by atoms with van der Waals surface area (Å²) in [7, 11) is 4.16. The predicted octanol–water partition coefficient (Wildman–Crippen LogP) is 2.27. The molecular formula is C11H15N3S. The molecule has 2 rings (SSSR count). The van der Waals surface area contributed by atoms with Gasteiger partial charge in [0.25, 0.3) is 0 Å². The molecule has 4 heteroatoms. The van der Waals surface area contributed by atoms with Crippen LogP contribution in [0.3, 0.4) is 0 Å². The summed E-state index contributed by atoms with van der Waals surface area (Å²) in [5.74, 6) is 0. The number of thiophene rings is 1. The van der Waals surface area contributed by atoms with E-state index in [1.807, 2.05) is 12.3 Å².